The Balaban J connectivity index is 1.56. The number of hydrogen-bond donors (Lipinski definition) is 1. The van der Waals surface area contributed by atoms with Crippen LogP contribution in [0.15, 0.2) is 42.5 Å². The van der Waals surface area contributed by atoms with E-state index in [1.165, 1.54) is 0 Å². The van der Waals surface area contributed by atoms with Crippen LogP contribution in [-0.2, 0) is 16.0 Å². The Kier molecular flexibility index (Phi) is 5.49. The second-order valence-electron chi connectivity index (χ2n) is 7.70. The third-order valence-electron chi connectivity index (χ3n) is 4.41. The molecule has 2 aromatic carbocycles. The maximum absolute atomic E-state index is 12.3. The number of rotatable bonds is 5. The summed E-state index contributed by atoms with van der Waals surface area (Å²) in [6.45, 7) is 5.73. The fourth-order valence-electron chi connectivity index (χ4n) is 2.67. The van der Waals surface area contributed by atoms with Gasteiger partial charge in [0.05, 0.1) is 12.2 Å². The molecule has 146 valence electrons. The number of esters is 1. The van der Waals surface area contributed by atoms with Crippen molar-refractivity contribution in [2.45, 2.75) is 27.2 Å². The summed E-state index contributed by atoms with van der Waals surface area (Å²) in [4.78, 5) is 36.5. The zero-order valence-electron chi connectivity index (χ0n) is 16.2. The van der Waals surface area contributed by atoms with Crippen molar-refractivity contribution >= 4 is 23.3 Å². The molecule has 0 bridgehead atoms. The highest BCUT2D eigenvalue weighted by atomic mass is 16.5. The fraction of sp³-hybridized carbons (Fsp3) is 0.318. The zero-order chi connectivity index (χ0) is 20.3. The molecule has 6 heteroatoms. The molecule has 1 aliphatic rings. The first-order chi connectivity index (χ1) is 13.2. The van der Waals surface area contributed by atoms with Gasteiger partial charge < -0.3 is 14.8 Å². The van der Waals surface area contributed by atoms with Crippen LogP contribution in [0, 0.1) is 5.41 Å². The SMILES string of the molecule is CC(C)(C)C(=O)Nc1ccc(C(=O)COC(=O)c2ccc3c(c2)CCO3)cc1. The van der Waals surface area contributed by atoms with Crippen LogP contribution in [0.1, 0.15) is 47.1 Å². The smallest absolute Gasteiger partial charge is 0.338 e. The van der Waals surface area contributed by atoms with Gasteiger partial charge in [0.1, 0.15) is 5.75 Å². The summed E-state index contributed by atoms with van der Waals surface area (Å²) in [6.07, 6.45) is 0.757. The van der Waals surface area contributed by atoms with E-state index < -0.39 is 11.4 Å². The van der Waals surface area contributed by atoms with E-state index in [1.54, 1.807) is 42.5 Å². The minimum absolute atomic E-state index is 0.111. The monoisotopic (exact) mass is 381 g/mol. The van der Waals surface area contributed by atoms with Gasteiger partial charge in [0.25, 0.3) is 0 Å². The Bertz CT molecular complexity index is 910. The molecule has 0 spiro atoms. The van der Waals surface area contributed by atoms with E-state index in [0.717, 1.165) is 17.7 Å². The highest BCUT2D eigenvalue weighted by Crippen LogP contribution is 2.26. The summed E-state index contributed by atoms with van der Waals surface area (Å²) in [5.74, 6) is -0.185. The molecular weight excluding hydrogens is 358 g/mol. The van der Waals surface area contributed by atoms with Gasteiger partial charge in [-0.2, -0.15) is 0 Å². The average Bonchev–Trinajstić information content (AvgIpc) is 3.13. The van der Waals surface area contributed by atoms with E-state index in [0.29, 0.717) is 23.4 Å². The van der Waals surface area contributed by atoms with E-state index in [-0.39, 0.29) is 18.3 Å². The van der Waals surface area contributed by atoms with Crippen LogP contribution in [0.25, 0.3) is 0 Å². The quantitative estimate of drug-likeness (QED) is 0.632. The fourth-order valence-corrected chi connectivity index (χ4v) is 2.67. The largest absolute Gasteiger partial charge is 0.493 e. The molecule has 6 nitrogen and oxygen atoms in total. The van der Waals surface area contributed by atoms with Crippen LogP contribution in [0.3, 0.4) is 0 Å². The van der Waals surface area contributed by atoms with Crippen molar-refractivity contribution in [3.8, 4) is 5.75 Å². The summed E-state index contributed by atoms with van der Waals surface area (Å²) >= 11 is 0. The molecule has 2 aromatic rings. The van der Waals surface area contributed by atoms with Crippen molar-refractivity contribution in [3.63, 3.8) is 0 Å². The van der Waals surface area contributed by atoms with Gasteiger partial charge in [-0.05, 0) is 48.0 Å². The molecule has 0 aromatic heterocycles. The summed E-state index contributed by atoms with van der Waals surface area (Å²) in [5.41, 5.74) is 1.87. The second kappa shape index (κ2) is 7.84. The molecule has 0 saturated heterocycles. The number of hydrogen-bond acceptors (Lipinski definition) is 5. The molecule has 1 amide bonds. The number of amides is 1. The van der Waals surface area contributed by atoms with Crippen LogP contribution in [-0.4, -0.2) is 30.9 Å². The molecule has 28 heavy (non-hydrogen) atoms. The van der Waals surface area contributed by atoms with Crippen LogP contribution < -0.4 is 10.1 Å². The number of carbonyl (C=O) groups excluding carboxylic acids is 3. The number of anilines is 1. The third kappa shape index (κ3) is 4.57. The Labute approximate surface area is 163 Å². The van der Waals surface area contributed by atoms with Gasteiger partial charge in [-0.15, -0.1) is 0 Å². The summed E-state index contributed by atoms with van der Waals surface area (Å²) in [5, 5.41) is 2.79. The van der Waals surface area contributed by atoms with Crippen molar-refractivity contribution in [3.05, 3.63) is 59.2 Å². The minimum Gasteiger partial charge on any atom is -0.493 e. The van der Waals surface area contributed by atoms with Gasteiger partial charge in [0, 0.05) is 23.1 Å². The lowest BCUT2D eigenvalue weighted by atomic mass is 9.95. The van der Waals surface area contributed by atoms with Crippen LogP contribution in [0.2, 0.25) is 0 Å². The lowest BCUT2D eigenvalue weighted by Gasteiger charge is -2.17. The Morgan fingerprint density at radius 1 is 1.04 bits per heavy atom. The Morgan fingerprint density at radius 3 is 2.39 bits per heavy atom. The first kappa shape index (κ1) is 19.6. The van der Waals surface area contributed by atoms with Crippen molar-refractivity contribution in [2.24, 2.45) is 5.41 Å². The topological polar surface area (TPSA) is 81.7 Å². The molecule has 0 unspecified atom stereocenters. The number of carbonyl (C=O) groups is 3. The minimum atomic E-state index is -0.544. The first-order valence-corrected chi connectivity index (χ1v) is 9.11. The van der Waals surface area contributed by atoms with Gasteiger partial charge >= 0.3 is 5.97 Å². The Morgan fingerprint density at radius 2 is 1.71 bits per heavy atom. The molecular formula is C22H23NO5. The van der Waals surface area contributed by atoms with Gasteiger partial charge in [0.2, 0.25) is 5.91 Å². The van der Waals surface area contributed by atoms with Crippen molar-refractivity contribution < 1.29 is 23.9 Å². The molecule has 0 saturated carbocycles. The number of Topliss-reactive ketones (excluding diaryl/α,β-unsaturated/α-hetero) is 1. The maximum Gasteiger partial charge on any atom is 0.338 e. The average molecular weight is 381 g/mol. The van der Waals surface area contributed by atoms with E-state index in [1.807, 2.05) is 20.8 Å². The standard InChI is InChI=1S/C22H23NO5/c1-22(2,3)21(26)23-17-7-4-14(5-8-17)18(24)13-28-20(25)16-6-9-19-15(12-16)10-11-27-19/h4-9,12H,10-11,13H2,1-3H3,(H,23,26). The predicted octanol–water partition coefficient (Wildman–Crippen LogP) is 3.65. The predicted molar refractivity (Wildman–Crippen MR) is 105 cm³/mol. The second-order valence-corrected chi connectivity index (χ2v) is 7.70. The van der Waals surface area contributed by atoms with Crippen LogP contribution >= 0.6 is 0 Å². The van der Waals surface area contributed by atoms with Gasteiger partial charge in [-0.1, -0.05) is 20.8 Å². The summed E-state index contributed by atoms with van der Waals surface area (Å²) in [7, 11) is 0. The summed E-state index contributed by atoms with van der Waals surface area (Å²) < 4.78 is 10.6. The van der Waals surface area contributed by atoms with Crippen molar-refractivity contribution in [2.75, 3.05) is 18.5 Å². The van der Waals surface area contributed by atoms with Crippen molar-refractivity contribution in [1.82, 2.24) is 0 Å². The van der Waals surface area contributed by atoms with Crippen molar-refractivity contribution in [1.29, 1.82) is 0 Å². The molecule has 1 heterocycles. The van der Waals surface area contributed by atoms with Crippen LogP contribution in [0.4, 0.5) is 5.69 Å². The number of fused-ring (bicyclic) bond motifs is 1. The molecule has 0 atom stereocenters. The molecule has 1 N–H and O–H groups in total. The maximum atomic E-state index is 12.3. The number of nitrogens with one attached hydrogen (secondary N) is 1. The highest BCUT2D eigenvalue weighted by molar-refractivity contribution is 6.00. The van der Waals surface area contributed by atoms with Gasteiger partial charge in [0.15, 0.2) is 12.4 Å². The lowest BCUT2D eigenvalue weighted by molar-refractivity contribution is -0.123. The molecule has 0 fully saturated rings. The molecule has 0 radical (unpaired) electrons. The number of benzene rings is 2. The Hall–Kier alpha value is -3.15. The van der Waals surface area contributed by atoms with Gasteiger partial charge in [-0.25, -0.2) is 4.79 Å². The van der Waals surface area contributed by atoms with Crippen LogP contribution in [0.5, 0.6) is 5.75 Å². The van der Waals surface area contributed by atoms with E-state index >= 15 is 0 Å². The molecule has 3 rings (SSSR count). The number of ether oxygens (including phenoxy) is 2. The first-order valence-electron chi connectivity index (χ1n) is 9.11. The molecule has 1 aliphatic heterocycles. The van der Waals surface area contributed by atoms with E-state index in [2.05, 4.69) is 5.32 Å². The highest BCUT2D eigenvalue weighted by Gasteiger charge is 2.21. The van der Waals surface area contributed by atoms with E-state index in [4.69, 9.17) is 9.47 Å². The lowest BCUT2D eigenvalue weighted by Crippen LogP contribution is -2.27. The summed E-state index contributed by atoms with van der Waals surface area (Å²) in [6, 6.07) is 11.6. The van der Waals surface area contributed by atoms with E-state index in [9.17, 15) is 14.4 Å². The van der Waals surface area contributed by atoms with Gasteiger partial charge in [-0.3, -0.25) is 9.59 Å². The third-order valence-corrected chi connectivity index (χ3v) is 4.41. The zero-order valence-corrected chi connectivity index (χ0v) is 16.2. The normalized spacial score (nSPS) is 12.7. The molecule has 0 aliphatic carbocycles. The number of ketones is 1.